The van der Waals surface area contributed by atoms with Crippen LogP contribution in [0.25, 0.3) is 0 Å². The van der Waals surface area contributed by atoms with Gasteiger partial charge in [-0.1, -0.05) is 26.7 Å². The third-order valence-electron chi connectivity index (χ3n) is 2.76. The number of nitrogens with zero attached hydrogens (tertiary/aromatic N) is 2. The topological polar surface area (TPSA) is 61.0 Å². The highest BCUT2D eigenvalue weighted by Gasteiger charge is 2.21. The van der Waals surface area contributed by atoms with E-state index in [9.17, 15) is 0 Å². The molecule has 0 aliphatic rings. The van der Waals surface area contributed by atoms with Crippen molar-refractivity contribution in [1.29, 1.82) is 0 Å². The molecule has 1 heterocycles. The lowest BCUT2D eigenvalue weighted by Gasteiger charge is -2.21. The largest absolute Gasteiger partial charge is 0.480 e. The van der Waals surface area contributed by atoms with E-state index in [2.05, 4.69) is 23.8 Å². The Morgan fingerprint density at radius 3 is 2.40 bits per heavy atom. The fourth-order valence-electron chi connectivity index (χ4n) is 1.74. The summed E-state index contributed by atoms with van der Waals surface area (Å²) in [6.45, 7) is 4.27. The maximum atomic E-state index is 6.15. The van der Waals surface area contributed by atoms with Crippen LogP contribution in [0.3, 0.4) is 0 Å². The maximum Gasteiger partial charge on any atom is 0.236 e. The fraction of sp³-hybridized carbons (Fsp3) is 0.636. The Bertz CT molecular complexity index is 300. The summed E-state index contributed by atoms with van der Waals surface area (Å²) in [6, 6.07) is -0.0938. The van der Waals surface area contributed by atoms with Crippen molar-refractivity contribution < 1.29 is 4.74 Å². The van der Waals surface area contributed by atoms with Gasteiger partial charge in [0.25, 0.3) is 0 Å². The molecule has 0 saturated carbocycles. The second-order valence-corrected chi connectivity index (χ2v) is 3.55. The zero-order chi connectivity index (χ0) is 11.3. The summed E-state index contributed by atoms with van der Waals surface area (Å²) in [5.41, 5.74) is 6.91. The van der Waals surface area contributed by atoms with Gasteiger partial charge >= 0.3 is 0 Å². The molecule has 2 N–H and O–H groups in total. The maximum absolute atomic E-state index is 6.15. The summed E-state index contributed by atoms with van der Waals surface area (Å²) < 4.78 is 5.15. The summed E-state index contributed by atoms with van der Waals surface area (Å²) >= 11 is 0. The Morgan fingerprint density at radius 1 is 1.27 bits per heavy atom. The first-order chi connectivity index (χ1) is 7.24. The first-order valence-corrected chi connectivity index (χ1v) is 5.35. The first-order valence-electron chi connectivity index (χ1n) is 5.35. The minimum atomic E-state index is -0.0938. The molecule has 1 unspecified atom stereocenters. The summed E-state index contributed by atoms with van der Waals surface area (Å²) in [5.74, 6) is 0.965. The molecule has 15 heavy (non-hydrogen) atoms. The van der Waals surface area contributed by atoms with Crippen molar-refractivity contribution in [2.45, 2.75) is 32.7 Å². The van der Waals surface area contributed by atoms with Gasteiger partial charge in [-0.15, -0.1) is 0 Å². The molecular formula is C11H19N3O. The van der Waals surface area contributed by atoms with Crippen LogP contribution in [0.4, 0.5) is 0 Å². The smallest absolute Gasteiger partial charge is 0.236 e. The highest BCUT2D eigenvalue weighted by atomic mass is 16.5. The predicted octanol–water partition coefficient (Wildman–Crippen LogP) is 1.92. The van der Waals surface area contributed by atoms with E-state index in [1.54, 1.807) is 19.5 Å². The van der Waals surface area contributed by atoms with Crippen molar-refractivity contribution in [3.05, 3.63) is 18.1 Å². The van der Waals surface area contributed by atoms with Crippen LogP contribution in [0.2, 0.25) is 0 Å². The fourth-order valence-corrected chi connectivity index (χ4v) is 1.74. The number of hydrogen-bond acceptors (Lipinski definition) is 4. The molecule has 0 aromatic carbocycles. The summed E-state index contributed by atoms with van der Waals surface area (Å²) in [5, 5.41) is 0. The zero-order valence-corrected chi connectivity index (χ0v) is 9.60. The van der Waals surface area contributed by atoms with Gasteiger partial charge in [0, 0.05) is 12.4 Å². The molecule has 1 atom stereocenters. The van der Waals surface area contributed by atoms with Crippen molar-refractivity contribution >= 4 is 0 Å². The molecule has 0 spiro atoms. The van der Waals surface area contributed by atoms with Gasteiger partial charge in [-0.3, -0.25) is 4.98 Å². The SMILES string of the molecule is CCC(CC)C(N)c1nccnc1OC. The molecule has 1 aromatic heterocycles. The van der Waals surface area contributed by atoms with Gasteiger partial charge in [0.05, 0.1) is 13.2 Å². The van der Waals surface area contributed by atoms with Gasteiger partial charge in [-0.25, -0.2) is 4.98 Å². The lowest BCUT2D eigenvalue weighted by Crippen LogP contribution is -2.22. The van der Waals surface area contributed by atoms with Gasteiger partial charge < -0.3 is 10.5 Å². The van der Waals surface area contributed by atoms with Crippen LogP contribution in [0, 0.1) is 5.92 Å². The number of nitrogens with two attached hydrogens (primary N) is 1. The van der Waals surface area contributed by atoms with E-state index in [4.69, 9.17) is 10.5 Å². The summed E-state index contributed by atoms with van der Waals surface area (Å²) in [7, 11) is 1.59. The summed E-state index contributed by atoms with van der Waals surface area (Å²) in [4.78, 5) is 8.36. The summed E-state index contributed by atoms with van der Waals surface area (Å²) in [6.07, 6.45) is 5.34. The van der Waals surface area contributed by atoms with Gasteiger partial charge in [-0.2, -0.15) is 0 Å². The predicted molar refractivity (Wildman–Crippen MR) is 59.6 cm³/mol. The zero-order valence-electron chi connectivity index (χ0n) is 9.60. The van der Waals surface area contributed by atoms with Crippen molar-refractivity contribution in [2.75, 3.05) is 7.11 Å². The van der Waals surface area contributed by atoms with Crippen LogP contribution in [-0.2, 0) is 0 Å². The third kappa shape index (κ3) is 2.65. The third-order valence-corrected chi connectivity index (χ3v) is 2.76. The number of ether oxygens (including phenoxy) is 1. The monoisotopic (exact) mass is 209 g/mol. The molecule has 4 heteroatoms. The molecule has 0 saturated heterocycles. The molecule has 0 fully saturated rings. The quantitative estimate of drug-likeness (QED) is 0.804. The first kappa shape index (κ1) is 11.9. The van der Waals surface area contributed by atoms with Crippen LogP contribution in [-0.4, -0.2) is 17.1 Å². The lowest BCUT2D eigenvalue weighted by molar-refractivity contribution is 0.353. The standard InChI is InChI=1S/C11H19N3O/c1-4-8(5-2)9(12)10-11(15-3)14-7-6-13-10/h6-9H,4-5,12H2,1-3H3. The number of methoxy groups -OCH3 is 1. The second-order valence-electron chi connectivity index (χ2n) is 3.55. The number of aromatic nitrogens is 2. The van der Waals surface area contributed by atoms with Gasteiger partial charge in [0.15, 0.2) is 0 Å². The highest BCUT2D eigenvalue weighted by Crippen LogP contribution is 2.27. The highest BCUT2D eigenvalue weighted by molar-refractivity contribution is 5.21. The Morgan fingerprint density at radius 2 is 1.87 bits per heavy atom. The molecule has 0 radical (unpaired) electrons. The molecule has 0 amide bonds. The Hall–Kier alpha value is -1.16. The molecule has 1 rings (SSSR count). The van der Waals surface area contributed by atoms with Crippen LogP contribution in [0.5, 0.6) is 5.88 Å². The molecule has 84 valence electrons. The average molecular weight is 209 g/mol. The van der Waals surface area contributed by atoms with Crippen LogP contribution in [0.1, 0.15) is 38.4 Å². The number of rotatable bonds is 5. The van der Waals surface area contributed by atoms with Crippen molar-refractivity contribution in [3.63, 3.8) is 0 Å². The average Bonchev–Trinajstić information content (AvgIpc) is 2.30. The Balaban J connectivity index is 2.93. The van der Waals surface area contributed by atoms with Crippen LogP contribution >= 0.6 is 0 Å². The molecule has 0 bridgehead atoms. The van der Waals surface area contributed by atoms with E-state index < -0.39 is 0 Å². The van der Waals surface area contributed by atoms with E-state index in [1.165, 1.54) is 0 Å². The Kier molecular flexibility index (Phi) is 4.49. The molecular weight excluding hydrogens is 190 g/mol. The molecule has 0 aliphatic carbocycles. The van der Waals surface area contributed by atoms with Crippen molar-refractivity contribution in [3.8, 4) is 5.88 Å². The van der Waals surface area contributed by atoms with E-state index in [-0.39, 0.29) is 6.04 Å². The second kappa shape index (κ2) is 5.66. The van der Waals surface area contributed by atoms with E-state index in [1.807, 2.05) is 0 Å². The normalized spacial score (nSPS) is 12.9. The Labute approximate surface area is 90.9 Å². The van der Waals surface area contributed by atoms with Gasteiger partial charge in [0.2, 0.25) is 5.88 Å². The van der Waals surface area contributed by atoms with Crippen LogP contribution in [0.15, 0.2) is 12.4 Å². The van der Waals surface area contributed by atoms with Gasteiger partial charge in [-0.05, 0) is 5.92 Å². The molecule has 0 aliphatic heterocycles. The van der Waals surface area contributed by atoms with Crippen molar-refractivity contribution in [1.82, 2.24) is 9.97 Å². The lowest BCUT2D eigenvalue weighted by atomic mass is 9.92. The number of hydrogen-bond donors (Lipinski definition) is 1. The van der Waals surface area contributed by atoms with E-state index in [0.29, 0.717) is 11.8 Å². The van der Waals surface area contributed by atoms with E-state index >= 15 is 0 Å². The van der Waals surface area contributed by atoms with Crippen LogP contribution < -0.4 is 10.5 Å². The van der Waals surface area contributed by atoms with E-state index in [0.717, 1.165) is 18.5 Å². The molecule has 1 aromatic rings. The minimum Gasteiger partial charge on any atom is -0.480 e. The molecule has 4 nitrogen and oxygen atoms in total. The van der Waals surface area contributed by atoms with Gasteiger partial charge in [0.1, 0.15) is 5.69 Å². The minimum absolute atomic E-state index is 0.0938. The van der Waals surface area contributed by atoms with Crippen molar-refractivity contribution in [2.24, 2.45) is 11.7 Å².